The lowest BCUT2D eigenvalue weighted by Crippen LogP contribution is -2.05. The lowest BCUT2D eigenvalue weighted by Gasteiger charge is -2.09. The fourth-order valence-corrected chi connectivity index (χ4v) is 2.11. The first kappa shape index (κ1) is 15.3. The smallest absolute Gasteiger partial charge is 0.269 e. The average Bonchev–Trinajstić information content (AvgIpc) is 2.47. The van der Waals surface area contributed by atoms with Gasteiger partial charge in [-0.05, 0) is 42.4 Å². The van der Waals surface area contributed by atoms with Crippen LogP contribution in [0.2, 0.25) is 5.02 Å². The van der Waals surface area contributed by atoms with Crippen LogP contribution in [-0.2, 0) is 13.2 Å². The summed E-state index contributed by atoms with van der Waals surface area (Å²) in [5, 5.41) is 14.2. The quantitative estimate of drug-likeness (QED) is 0.655. The highest BCUT2D eigenvalue weighted by Gasteiger charge is 2.06. The van der Waals surface area contributed by atoms with E-state index in [1.165, 1.54) is 12.1 Å². The number of rotatable bonds is 6. The number of ether oxygens (including phenoxy) is 1. The van der Waals surface area contributed by atoms with Crippen LogP contribution in [0.4, 0.5) is 5.69 Å². The Hall–Kier alpha value is -2.11. The van der Waals surface area contributed by atoms with Gasteiger partial charge >= 0.3 is 0 Å². The number of benzene rings is 2. The van der Waals surface area contributed by atoms with Crippen LogP contribution in [0.15, 0.2) is 42.5 Å². The van der Waals surface area contributed by atoms with Gasteiger partial charge in [-0.2, -0.15) is 0 Å². The Balaban J connectivity index is 2.00. The van der Waals surface area contributed by atoms with Crippen LogP contribution >= 0.6 is 11.6 Å². The SMILES string of the molecule is CNCc1ccc(OCc2ccc([N+](=O)[O-])cc2)c(Cl)c1. The molecule has 0 atom stereocenters. The second-order valence-electron chi connectivity index (χ2n) is 4.51. The van der Waals surface area contributed by atoms with Crippen LogP contribution in [0.5, 0.6) is 5.75 Å². The van der Waals surface area contributed by atoms with Crippen molar-refractivity contribution in [3.05, 3.63) is 68.7 Å². The highest BCUT2D eigenvalue weighted by atomic mass is 35.5. The highest BCUT2D eigenvalue weighted by molar-refractivity contribution is 6.32. The number of nitro groups is 1. The molecule has 0 saturated carbocycles. The Kier molecular flexibility index (Phi) is 5.14. The van der Waals surface area contributed by atoms with E-state index >= 15 is 0 Å². The maximum Gasteiger partial charge on any atom is 0.269 e. The Morgan fingerprint density at radius 1 is 1.19 bits per heavy atom. The summed E-state index contributed by atoms with van der Waals surface area (Å²) in [6.45, 7) is 1.05. The zero-order valence-corrected chi connectivity index (χ0v) is 12.3. The molecule has 0 unspecified atom stereocenters. The molecule has 21 heavy (non-hydrogen) atoms. The Bertz CT molecular complexity index is 629. The molecule has 0 aliphatic heterocycles. The Labute approximate surface area is 127 Å². The summed E-state index contributed by atoms with van der Waals surface area (Å²) < 4.78 is 5.63. The van der Waals surface area contributed by atoms with Crippen molar-refractivity contribution in [2.45, 2.75) is 13.2 Å². The van der Waals surface area contributed by atoms with Crippen molar-refractivity contribution in [3.63, 3.8) is 0 Å². The predicted octanol–water partition coefficient (Wildman–Crippen LogP) is 3.55. The van der Waals surface area contributed by atoms with E-state index < -0.39 is 4.92 Å². The van der Waals surface area contributed by atoms with Crippen LogP contribution in [0.3, 0.4) is 0 Å². The molecule has 0 amide bonds. The maximum absolute atomic E-state index is 10.6. The van der Waals surface area contributed by atoms with Gasteiger partial charge in [0.05, 0.1) is 9.95 Å². The summed E-state index contributed by atoms with van der Waals surface area (Å²) >= 11 is 6.16. The molecule has 0 saturated heterocycles. The van der Waals surface area contributed by atoms with Gasteiger partial charge in [0.2, 0.25) is 0 Å². The number of non-ortho nitro benzene ring substituents is 1. The minimum absolute atomic E-state index is 0.0631. The van der Waals surface area contributed by atoms with Crippen molar-refractivity contribution >= 4 is 17.3 Å². The van der Waals surface area contributed by atoms with Gasteiger partial charge in [-0.3, -0.25) is 10.1 Å². The van der Waals surface area contributed by atoms with Crippen LogP contribution in [0.25, 0.3) is 0 Å². The molecular formula is C15H15ClN2O3. The van der Waals surface area contributed by atoms with Gasteiger partial charge in [-0.15, -0.1) is 0 Å². The normalized spacial score (nSPS) is 10.4. The van der Waals surface area contributed by atoms with Crippen molar-refractivity contribution in [3.8, 4) is 5.75 Å². The first-order valence-electron chi connectivity index (χ1n) is 6.39. The second kappa shape index (κ2) is 7.06. The summed E-state index contributed by atoms with van der Waals surface area (Å²) in [6, 6.07) is 11.9. The second-order valence-corrected chi connectivity index (χ2v) is 4.91. The van der Waals surface area contributed by atoms with Crippen LogP contribution in [0, 0.1) is 10.1 Å². The van der Waals surface area contributed by atoms with Crippen molar-refractivity contribution in [2.24, 2.45) is 0 Å². The van der Waals surface area contributed by atoms with E-state index in [1.54, 1.807) is 12.1 Å². The first-order valence-corrected chi connectivity index (χ1v) is 6.77. The van der Waals surface area contributed by atoms with Crippen molar-refractivity contribution in [1.82, 2.24) is 5.32 Å². The summed E-state index contributed by atoms with van der Waals surface area (Å²) in [4.78, 5) is 10.1. The molecule has 110 valence electrons. The van der Waals surface area contributed by atoms with Gasteiger partial charge in [0.1, 0.15) is 12.4 Å². The van der Waals surface area contributed by atoms with E-state index in [4.69, 9.17) is 16.3 Å². The van der Waals surface area contributed by atoms with E-state index in [0.717, 1.165) is 17.7 Å². The standard InChI is InChI=1S/C15H15ClN2O3/c1-17-9-12-4-7-15(14(16)8-12)21-10-11-2-5-13(6-3-11)18(19)20/h2-8,17H,9-10H2,1H3. The molecule has 0 heterocycles. The molecular weight excluding hydrogens is 292 g/mol. The number of nitro benzene ring substituents is 1. The van der Waals surface area contributed by atoms with Crippen molar-refractivity contribution < 1.29 is 9.66 Å². The Morgan fingerprint density at radius 2 is 1.86 bits per heavy atom. The fraction of sp³-hybridized carbons (Fsp3) is 0.200. The molecule has 1 N–H and O–H groups in total. The van der Waals surface area contributed by atoms with Crippen LogP contribution in [0.1, 0.15) is 11.1 Å². The fourth-order valence-electron chi connectivity index (χ4n) is 1.85. The lowest BCUT2D eigenvalue weighted by molar-refractivity contribution is -0.384. The molecule has 0 bridgehead atoms. The van der Waals surface area contributed by atoms with E-state index in [2.05, 4.69) is 5.32 Å². The minimum atomic E-state index is -0.429. The molecule has 0 fully saturated rings. The molecule has 0 radical (unpaired) electrons. The van der Waals surface area contributed by atoms with Gasteiger partial charge in [0.15, 0.2) is 0 Å². The lowest BCUT2D eigenvalue weighted by atomic mass is 10.2. The third-order valence-corrected chi connectivity index (χ3v) is 3.21. The summed E-state index contributed by atoms with van der Waals surface area (Å²) in [6.07, 6.45) is 0. The third kappa shape index (κ3) is 4.18. The monoisotopic (exact) mass is 306 g/mol. The molecule has 0 aromatic heterocycles. The van der Waals surface area contributed by atoms with Gasteiger partial charge in [0.25, 0.3) is 5.69 Å². The number of hydrogen-bond acceptors (Lipinski definition) is 4. The van der Waals surface area contributed by atoms with Crippen molar-refractivity contribution in [2.75, 3.05) is 7.05 Å². The van der Waals surface area contributed by atoms with Crippen LogP contribution in [-0.4, -0.2) is 12.0 Å². The molecule has 5 nitrogen and oxygen atoms in total. The molecule has 2 aromatic carbocycles. The maximum atomic E-state index is 10.6. The topological polar surface area (TPSA) is 64.4 Å². The zero-order chi connectivity index (χ0) is 15.2. The minimum Gasteiger partial charge on any atom is -0.487 e. The average molecular weight is 307 g/mol. The summed E-state index contributed by atoms with van der Waals surface area (Å²) in [7, 11) is 1.87. The van der Waals surface area contributed by atoms with Gasteiger partial charge in [-0.1, -0.05) is 17.7 Å². The molecule has 2 rings (SSSR count). The molecule has 0 aliphatic carbocycles. The van der Waals surface area contributed by atoms with Gasteiger partial charge < -0.3 is 10.1 Å². The first-order chi connectivity index (χ1) is 10.1. The van der Waals surface area contributed by atoms with Crippen molar-refractivity contribution in [1.29, 1.82) is 0 Å². The third-order valence-electron chi connectivity index (χ3n) is 2.92. The van der Waals surface area contributed by atoms with E-state index in [0.29, 0.717) is 17.4 Å². The number of hydrogen-bond donors (Lipinski definition) is 1. The molecule has 0 spiro atoms. The number of nitrogens with one attached hydrogen (secondary N) is 1. The molecule has 6 heteroatoms. The zero-order valence-electron chi connectivity index (χ0n) is 11.5. The van der Waals surface area contributed by atoms with Crippen LogP contribution < -0.4 is 10.1 Å². The summed E-state index contributed by atoms with van der Waals surface area (Å²) in [5.41, 5.74) is 1.98. The number of nitrogens with zero attached hydrogens (tertiary/aromatic N) is 1. The largest absolute Gasteiger partial charge is 0.487 e. The van der Waals surface area contributed by atoms with Gasteiger partial charge in [0, 0.05) is 18.7 Å². The molecule has 0 aliphatic rings. The summed E-state index contributed by atoms with van der Waals surface area (Å²) in [5.74, 6) is 0.592. The van der Waals surface area contributed by atoms with E-state index in [-0.39, 0.29) is 5.69 Å². The molecule has 2 aromatic rings. The van der Waals surface area contributed by atoms with E-state index in [1.807, 2.05) is 25.2 Å². The highest BCUT2D eigenvalue weighted by Crippen LogP contribution is 2.26. The van der Waals surface area contributed by atoms with E-state index in [9.17, 15) is 10.1 Å². The number of halogens is 1. The predicted molar refractivity (Wildman–Crippen MR) is 81.6 cm³/mol. The van der Waals surface area contributed by atoms with Gasteiger partial charge in [-0.25, -0.2) is 0 Å². The Morgan fingerprint density at radius 3 is 2.43 bits per heavy atom.